The van der Waals surface area contributed by atoms with Gasteiger partial charge in [-0.1, -0.05) is 27.2 Å². The van der Waals surface area contributed by atoms with Crippen LogP contribution < -0.4 is 5.01 Å². The first-order valence-electron chi connectivity index (χ1n) is 5.67. The number of nitrogens with zero attached hydrogens (tertiary/aromatic N) is 4. The molecular formula is C13H11BrN4. The van der Waals surface area contributed by atoms with Gasteiger partial charge in [-0.3, -0.25) is 4.98 Å². The van der Waals surface area contributed by atoms with Crippen molar-refractivity contribution < 1.29 is 0 Å². The summed E-state index contributed by atoms with van der Waals surface area (Å²) in [4.78, 5) is 4.04. The van der Waals surface area contributed by atoms with Crippen LogP contribution in [0.5, 0.6) is 0 Å². The summed E-state index contributed by atoms with van der Waals surface area (Å²) < 4.78 is 1.04. The molecule has 0 N–H and O–H groups in total. The summed E-state index contributed by atoms with van der Waals surface area (Å²) in [6.07, 6.45) is 3.60. The standard InChI is InChI=1S/C13H11BrN4/c14-11-2-1-3-12(8-11)18-13(9-16-17-18)10-4-6-15-7-5-10/h1-8,13H,9H2. The van der Waals surface area contributed by atoms with Crippen LogP contribution >= 0.6 is 15.9 Å². The normalized spacial score (nSPS) is 18.3. The Balaban J connectivity index is 1.94. The van der Waals surface area contributed by atoms with Gasteiger partial charge < -0.3 is 0 Å². The molecule has 1 aliphatic rings. The van der Waals surface area contributed by atoms with Gasteiger partial charge in [-0.15, -0.1) is 0 Å². The lowest BCUT2D eigenvalue weighted by atomic mass is 10.1. The lowest BCUT2D eigenvalue weighted by Gasteiger charge is -2.22. The number of hydrogen-bond acceptors (Lipinski definition) is 4. The van der Waals surface area contributed by atoms with Crippen molar-refractivity contribution in [1.82, 2.24) is 4.98 Å². The highest BCUT2D eigenvalue weighted by Gasteiger charge is 2.25. The van der Waals surface area contributed by atoms with Crippen LogP contribution in [-0.4, -0.2) is 11.5 Å². The minimum Gasteiger partial charge on any atom is -0.265 e. The number of anilines is 1. The van der Waals surface area contributed by atoms with E-state index in [0.29, 0.717) is 6.54 Å². The Bertz CT molecular complexity index is 570. The summed E-state index contributed by atoms with van der Waals surface area (Å²) in [7, 11) is 0. The summed E-state index contributed by atoms with van der Waals surface area (Å²) in [5.74, 6) is 0. The summed E-state index contributed by atoms with van der Waals surface area (Å²) in [5, 5.41) is 10.3. The first-order valence-corrected chi connectivity index (χ1v) is 6.46. The van der Waals surface area contributed by atoms with Gasteiger partial charge in [0.05, 0.1) is 12.2 Å². The molecule has 2 aromatic rings. The molecular weight excluding hydrogens is 292 g/mol. The minimum atomic E-state index is 0.155. The maximum atomic E-state index is 4.22. The zero-order chi connectivity index (χ0) is 12.4. The Morgan fingerprint density at radius 1 is 1.17 bits per heavy atom. The fourth-order valence-electron chi connectivity index (χ4n) is 2.00. The van der Waals surface area contributed by atoms with Crippen molar-refractivity contribution in [3.8, 4) is 0 Å². The van der Waals surface area contributed by atoms with E-state index < -0.39 is 0 Å². The second-order valence-electron chi connectivity index (χ2n) is 4.03. The molecule has 1 aromatic carbocycles. The number of rotatable bonds is 2. The van der Waals surface area contributed by atoms with E-state index >= 15 is 0 Å². The van der Waals surface area contributed by atoms with E-state index in [1.807, 2.05) is 41.4 Å². The van der Waals surface area contributed by atoms with Crippen molar-refractivity contribution in [2.24, 2.45) is 10.3 Å². The molecule has 0 amide bonds. The number of hydrogen-bond donors (Lipinski definition) is 0. The smallest absolute Gasteiger partial charge is 0.101 e. The highest BCUT2D eigenvalue weighted by molar-refractivity contribution is 9.10. The van der Waals surface area contributed by atoms with Gasteiger partial charge in [0, 0.05) is 16.9 Å². The van der Waals surface area contributed by atoms with Crippen molar-refractivity contribution in [2.45, 2.75) is 6.04 Å². The first kappa shape index (κ1) is 11.3. The molecule has 0 spiro atoms. The van der Waals surface area contributed by atoms with Gasteiger partial charge in [0.15, 0.2) is 0 Å². The van der Waals surface area contributed by atoms with E-state index in [9.17, 15) is 0 Å². The van der Waals surface area contributed by atoms with Gasteiger partial charge in [0.1, 0.15) is 6.04 Å². The van der Waals surface area contributed by atoms with Gasteiger partial charge in [-0.05, 0) is 35.9 Å². The lowest BCUT2D eigenvalue weighted by molar-refractivity contribution is 0.730. The molecule has 5 heteroatoms. The molecule has 1 unspecified atom stereocenters. The summed E-state index contributed by atoms with van der Waals surface area (Å²) >= 11 is 3.48. The van der Waals surface area contributed by atoms with Crippen LogP contribution in [0.1, 0.15) is 11.6 Å². The lowest BCUT2D eigenvalue weighted by Crippen LogP contribution is -2.20. The highest BCUT2D eigenvalue weighted by Crippen LogP contribution is 2.32. The number of halogens is 1. The van der Waals surface area contributed by atoms with Crippen LogP contribution in [0.15, 0.2) is 63.6 Å². The third kappa shape index (κ3) is 2.13. The molecule has 0 saturated carbocycles. The number of pyridine rings is 1. The zero-order valence-corrected chi connectivity index (χ0v) is 11.2. The van der Waals surface area contributed by atoms with E-state index in [4.69, 9.17) is 0 Å². The molecule has 2 heterocycles. The molecule has 0 radical (unpaired) electrons. The van der Waals surface area contributed by atoms with Crippen LogP contribution in [0.3, 0.4) is 0 Å². The van der Waals surface area contributed by atoms with E-state index in [0.717, 1.165) is 10.2 Å². The first-order chi connectivity index (χ1) is 8.84. The highest BCUT2D eigenvalue weighted by atomic mass is 79.9. The predicted octanol–water partition coefficient (Wildman–Crippen LogP) is 3.77. The SMILES string of the molecule is Brc1cccc(N2N=NCC2c2ccncc2)c1. The Hall–Kier alpha value is -1.75. The molecule has 90 valence electrons. The largest absolute Gasteiger partial charge is 0.265 e. The number of aromatic nitrogens is 1. The van der Waals surface area contributed by atoms with Crippen molar-refractivity contribution in [2.75, 3.05) is 11.6 Å². The molecule has 1 aliphatic heterocycles. The zero-order valence-electron chi connectivity index (χ0n) is 9.57. The summed E-state index contributed by atoms with van der Waals surface area (Å²) in [6.45, 7) is 0.677. The van der Waals surface area contributed by atoms with Crippen LogP contribution in [0.2, 0.25) is 0 Å². The van der Waals surface area contributed by atoms with Gasteiger partial charge in [0.25, 0.3) is 0 Å². The van der Waals surface area contributed by atoms with Gasteiger partial charge in [-0.2, -0.15) is 5.11 Å². The predicted molar refractivity (Wildman–Crippen MR) is 73.3 cm³/mol. The fraction of sp³-hybridized carbons (Fsp3) is 0.154. The van der Waals surface area contributed by atoms with Gasteiger partial charge >= 0.3 is 0 Å². The quantitative estimate of drug-likeness (QED) is 0.847. The third-order valence-corrected chi connectivity index (χ3v) is 3.37. The van der Waals surface area contributed by atoms with Crippen LogP contribution in [0, 0.1) is 0 Å². The third-order valence-electron chi connectivity index (χ3n) is 2.87. The van der Waals surface area contributed by atoms with Crippen LogP contribution in [0.25, 0.3) is 0 Å². The van der Waals surface area contributed by atoms with E-state index in [-0.39, 0.29) is 6.04 Å². The fourth-order valence-corrected chi connectivity index (χ4v) is 2.39. The molecule has 4 nitrogen and oxygen atoms in total. The van der Waals surface area contributed by atoms with Crippen LogP contribution in [0.4, 0.5) is 5.69 Å². The Morgan fingerprint density at radius 3 is 2.78 bits per heavy atom. The molecule has 0 fully saturated rings. The van der Waals surface area contributed by atoms with Gasteiger partial charge in [0.2, 0.25) is 0 Å². The maximum absolute atomic E-state index is 4.22. The average Bonchev–Trinajstić information content (AvgIpc) is 2.89. The molecule has 1 atom stereocenters. The summed E-state index contributed by atoms with van der Waals surface area (Å²) in [5.41, 5.74) is 2.21. The van der Waals surface area contributed by atoms with Crippen molar-refractivity contribution in [3.63, 3.8) is 0 Å². The topological polar surface area (TPSA) is 40.9 Å². The molecule has 0 saturated heterocycles. The van der Waals surface area contributed by atoms with Crippen LogP contribution in [-0.2, 0) is 0 Å². The molecule has 0 bridgehead atoms. The van der Waals surface area contributed by atoms with E-state index in [2.05, 4.69) is 31.3 Å². The Kier molecular flexibility index (Phi) is 3.06. The molecule has 3 rings (SSSR count). The Labute approximate surface area is 113 Å². The second-order valence-corrected chi connectivity index (χ2v) is 4.95. The van der Waals surface area contributed by atoms with Crippen molar-refractivity contribution in [3.05, 3.63) is 58.8 Å². The second kappa shape index (κ2) is 4.86. The van der Waals surface area contributed by atoms with Crippen molar-refractivity contribution in [1.29, 1.82) is 0 Å². The Morgan fingerprint density at radius 2 is 2.00 bits per heavy atom. The van der Waals surface area contributed by atoms with E-state index in [1.54, 1.807) is 12.4 Å². The number of benzene rings is 1. The van der Waals surface area contributed by atoms with Crippen molar-refractivity contribution >= 4 is 21.6 Å². The minimum absolute atomic E-state index is 0.155. The maximum Gasteiger partial charge on any atom is 0.101 e. The van der Waals surface area contributed by atoms with E-state index in [1.165, 1.54) is 5.56 Å². The molecule has 0 aliphatic carbocycles. The van der Waals surface area contributed by atoms with Gasteiger partial charge in [-0.25, -0.2) is 5.01 Å². The molecule has 1 aromatic heterocycles. The molecule has 18 heavy (non-hydrogen) atoms. The summed E-state index contributed by atoms with van der Waals surface area (Å²) in [6, 6.07) is 12.2. The monoisotopic (exact) mass is 302 g/mol. The average molecular weight is 303 g/mol.